The van der Waals surface area contributed by atoms with Crippen LogP contribution in [0.3, 0.4) is 0 Å². The van der Waals surface area contributed by atoms with E-state index in [9.17, 15) is 21.6 Å². The number of hydrogen-bond donors (Lipinski definition) is 1. The van der Waals surface area contributed by atoms with Crippen molar-refractivity contribution in [2.24, 2.45) is 0 Å². The number of hydrogen-bond acceptors (Lipinski definition) is 5. The number of nitrogens with one attached hydrogen (secondary N) is 1. The Kier molecular flexibility index (Phi) is 6.08. The van der Waals surface area contributed by atoms with E-state index in [1.807, 2.05) is 24.3 Å². The lowest BCUT2D eigenvalue weighted by Crippen LogP contribution is -2.14. The lowest BCUT2D eigenvalue weighted by atomic mass is 10.2. The Hall–Kier alpha value is -3.08. The first-order valence-electron chi connectivity index (χ1n) is 9.11. The second-order valence-corrected chi connectivity index (χ2v) is 9.20. The summed E-state index contributed by atoms with van der Waals surface area (Å²) >= 11 is 12.0. The molecule has 4 aromatic rings. The lowest BCUT2D eigenvalue weighted by molar-refractivity contribution is -0.137. The van der Waals surface area contributed by atoms with E-state index in [2.05, 4.69) is 14.7 Å². The van der Waals surface area contributed by atoms with Gasteiger partial charge in [-0.3, -0.25) is 4.72 Å². The Morgan fingerprint density at radius 2 is 1.61 bits per heavy atom. The Bertz CT molecular complexity index is 1460. The van der Waals surface area contributed by atoms with Gasteiger partial charge in [-0.2, -0.15) is 13.2 Å². The van der Waals surface area contributed by atoms with E-state index in [4.69, 9.17) is 27.9 Å². The van der Waals surface area contributed by atoms with Gasteiger partial charge in [-0.05, 0) is 29.7 Å². The number of aromatic nitrogens is 2. The monoisotopic (exact) mass is 513 g/mol. The van der Waals surface area contributed by atoms with Crippen LogP contribution in [0.2, 0.25) is 10.0 Å². The van der Waals surface area contributed by atoms with Crippen LogP contribution >= 0.6 is 23.2 Å². The SMILES string of the molecule is O=S(=O)(Nc1cnc(Oc2cc3ccccc3cn2)c(Cl)c1)c1ccc(C(F)(F)F)cc1Cl. The molecule has 0 aliphatic carbocycles. The van der Waals surface area contributed by atoms with Crippen LogP contribution < -0.4 is 9.46 Å². The average Bonchev–Trinajstić information content (AvgIpc) is 2.74. The van der Waals surface area contributed by atoms with Crippen LogP contribution in [0.5, 0.6) is 11.8 Å². The van der Waals surface area contributed by atoms with Crippen molar-refractivity contribution in [2.75, 3.05) is 4.72 Å². The largest absolute Gasteiger partial charge is 0.419 e. The predicted octanol–water partition coefficient (Wildman–Crippen LogP) is 6.55. The summed E-state index contributed by atoms with van der Waals surface area (Å²) in [4.78, 5) is 7.64. The van der Waals surface area contributed by atoms with Gasteiger partial charge in [0.15, 0.2) is 0 Å². The maximum absolute atomic E-state index is 12.8. The van der Waals surface area contributed by atoms with Crippen molar-refractivity contribution < 1.29 is 26.3 Å². The fraction of sp³-hybridized carbons (Fsp3) is 0.0476. The minimum atomic E-state index is -4.66. The van der Waals surface area contributed by atoms with E-state index in [1.165, 1.54) is 6.07 Å². The highest BCUT2D eigenvalue weighted by molar-refractivity contribution is 7.92. The summed E-state index contributed by atoms with van der Waals surface area (Å²) in [6.45, 7) is 0. The van der Waals surface area contributed by atoms with Crippen molar-refractivity contribution in [3.63, 3.8) is 0 Å². The van der Waals surface area contributed by atoms with E-state index in [0.717, 1.165) is 23.0 Å². The zero-order valence-electron chi connectivity index (χ0n) is 16.3. The Morgan fingerprint density at radius 3 is 2.27 bits per heavy atom. The molecule has 0 spiro atoms. The van der Waals surface area contributed by atoms with Crippen LogP contribution in [0.4, 0.5) is 18.9 Å². The third-order valence-electron chi connectivity index (χ3n) is 4.42. The predicted molar refractivity (Wildman–Crippen MR) is 118 cm³/mol. The molecule has 2 aromatic heterocycles. The molecule has 0 bridgehead atoms. The van der Waals surface area contributed by atoms with E-state index in [0.29, 0.717) is 12.1 Å². The van der Waals surface area contributed by atoms with Crippen LogP contribution in [-0.4, -0.2) is 18.4 Å². The third-order valence-corrected chi connectivity index (χ3v) is 6.55. The molecule has 6 nitrogen and oxygen atoms in total. The van der Waals surface area contributed by atoms with Gasteiger partial charge < -0.3 is 4.74 Å². The topological polar surface area (TPSA) is 81.2 Å². The van der Waals surface area contributed by atoms with Crippen LogP contribution in [0.25, 0.3) is 10.8 Å². The van der Waals surface area contributed by atoms with Gasteiger partial charge in [-0.1, -0.05) is 47.5 Å². The standard InChI is InChI=1S/C21H12Cl2F3N3O3S/c22-16-8-14(21(24,25)26)5-6-18(16)33(30,31)29-15-9-17(23)20(28-11-15)32-19-7-12-3-1-2-4-13(12)10-27-19/h1-11,29H. The highest BCUT2D eigenvalue weighted by atomic mass is 35.5. The molecule has 2 heterocycles. The first-order chi connectivity index (χ1) is 15.5. The highest BCUT2D eigenvalue weighted by Gasteiger charge is 2.32. The van der Waals surface area contributed by atoms with Gasteiger partial charge in [0.05, 0.1) is 22.5 Å². The van der Waals surface area contributed by atoms with Crippen LogP contribution in [0.15, 0.2) is 71.9 Å². The molecule has 12 heteroatoms. The van der Waals surface area contributed by atoms with Crippen molar-refractivity contribution in [1.82, 2.24) is 9.97 Å². The first-order valence-corrected chi connectivity index (χ1v) is 11.3. The molecule has 0 atom stereocenters. The third kappa shape index (κ3) is 5.13. The van der Waals surface area contributed by atoms with Gasteiger partial charge in [0, 0.05) is 17.6 Å². The summed E-state index contributed by atoms with van der Waals surface area (Å²) < 4.78 is 71.4. The van der Waals surface area contributed by atoms with Crippen molar-refractivity contribution in [1.29, 1.82) is 0 Å². The number of benzene rings is 2. The van der Waals surface area contributed by atoms with Crippen LogP contribution in [0.1, 0.15) is 5.56 Å². The van der Waals surface area contributed by atoms with Gasteiger partial charge in [-0.25, -0.2) is 18.4 Å². The first kappa shape index (κ1) is 23.1. The smallest absolute Gasteiger partial charge is 0.416 e. The maximum atomic E-state index is 12.8. The zero-order chi connectivity index (χ0) is 23.8. The van der Waals surface area contributed by atoms with Gasteiger partial charge in [0.1, 0.15) is 9.92 Å². The molecule has 33 heavy (non-hydrogen) atoms. The van der Waals surface area contributed by atoms with Gasteiger partial charge in [0.25, 0.3) is 10.0 Å². The van der Waals surface area contributed by atoms with Crippen molar-refractivity contribution in [2.45, 2.75) is 11.1 Å². The number of alkyl halides is 3. The normalized spacial score (nSPS) is 12.0. The van der Waals surface area contributed by atoms with E-state index < -0.39 is 31.7 Å². The number of ether oxygens (including phenoxy) is 1. The Morgan fingerprint density at radius 1 is 0.879 bits per heavy atom. The van der Waals surface area contributed by atoms with Crippen molar-refractivity contribution in [3.8, 4) is 11.8 Å². The van der Waals surface area contributed by atoms with E-state index in [1.54, 1.807) is 12.3 Å². The molecule has 0 aliphatic rings. The molecule has 0 saturated carbocycles. The number of pyridine rings is 2. The van der Waals surface area contributed by atoms with Gasteiger partial charge in [-0.15, -0.1) is 0 Å². The minimum absolute atomic E-state index is 0.0186. The number of halogens is 5. The molecule has 1 N–H and O–H groups in total. The Labute approximate surface area is 196 Å². The number of fused-ring (bicyclic) bond motifs is 1. The fourth-order valence-corrected chi connectivity index (χ4v) is 4.66. The molecule has 0 amide bonds. The molecular weight excluding hydrogens is 502 g/mol. The average molecular weight is 514 g/mol. The molecule has 2 aromatic carbocycles. The second-order valence-electron chi connectivity index (χ2n) is 6.73. The minimum Gasteiger partial charge on any atom is -0.419 e. The van der Waals surface area contributed by atoms with E-state index >= 15 is 0 Å². The maximum Gasteiger partial charge on any atom is 0.416 e. The lowest BCUT2D eigenvalue weighted by Gasteiger charge is -2.13. The highest BCUT2D eigenvalue weighted by Crippen LogP contribution is 2.35. The van der Waals surface area contributed by atoms with Crippen LogP contribution in [-0.2, 0) is 16.2 Å². The molecule has 0 fully saturated rings. The van der Waals surface area contributed by atoms with Crippen molar-refractivity contribution >= 4 is 49.7 Å². The summed E-state index contributed by atoms with van der Waals surface area (Å²) in [5.41, 5.74) is -1.12. The molecule has 170 valence electrons. The Balaban J connectivity index is 1.55. The number of sulfonamides is 1. The molecular formula is C21H12Cl2F3N3O3S. The van der Waals surface area contributed by atoms with Gasteiger partial charge >= 0.3 is 6.18 Å². The van der Waals surface area contributed by atoms with Crippen molar-refractivity contribution in [3.05, 3.63) is 82.6 Å². The molecule has 0 unspecified atom stereocenters. The summed E-state index contributed by atoms with van der Waals surface area (Å²) in [5, 5.41) is 1.19. The number of anilines is 1. The van der Waals surface area contributed by atoms with Crippen LogP contribution in [0, 0.1) is 0 Å². The quantitative estimate of drug-likeness (QED) is 0.327. The summed E-state index contributed by atoms with van der Waals surface area (Å²) in [5.74, 6) is 0.211. The van der Waals surface area contributed by atoms with E-state index in [-0.39, 0.29) is 22.5 Å². The molecule has 0 radical (unpaired) electrons. The fourth-order valence-electron chi connectivity index (χ4n) is 2.88. The van der Waals surface area contributed by atoms with Gasteiger partial charge in [0.2, 0.25) is 11.8 Å². The zero-order valence-corrected chi connectivity index (χ0v) is 18.6. The molecule has 0 saturated heterocycles. The summed E-state index contributed by atoms with van der Waals surface area (Å²) in [7, 11) is -4.32. The number of nitrogens with zero attached hydrogens (tertiary/aromatic N) is 2. The molecule has 4 rings (SSSR count). The summed E-state index contributed by atoms with van der Waals surface area (Å²) in [6, 6.07) is 12.4. The number of rotatable bonds is 5. The molecule has 0 aliphatic heterocycles. The summed E-state index contributed by atoms with van der Waals surface area (Å²) in [6.07, 6.45) is -1.90. The second kappa shape index (κ2) is 8.69.